The van der Waals surface area contributed by atoms with E-state index in [-0.39, 0.29) is 47.7 Å². The largest absolute Gasteiger partial charge is 0.468 e. The average molecular weight is 889 g/mol. The quantitative estimate of drug-likeness (QED) is 0.0626. The fourth-order valence-electron chi connectivity index (χ4n) is 11.4. The lowest BCUT2D eigenvalue weighted by atomic mass is 9.92. The molecule has 4 fully saturated rings. The Morgan fingerprint density at radius 1 is 0.969 bits per heavy atom. The Balaban J connectivity index is 1.28. The minimum atomic E-state index is -2.13. The zero-order valence-corrected chi connectivity index (χ0v) is 40.4. The molecule has 0 radical (unpaired) electrons. The molecule has 4 saturated heterocycles. The first kappa shape index (κ1) is 45.5. The Hall–Kier alpha value is -5.03. The van der Waals surface area contributed by atoms with Gasteiger partial charge in [-0.1, -0.05) is 83.9 Å². The van der Waals surface area contributed by atoms with E-state index in [1.165, 1.54) is 0 Å². The van der Waals surface area contributed by atoms with Crippen molar-refractivity contribution in [3.8, 4) is 34.5 Å². The number of fused-ring (bicyclic) bond motifs is 5. The summed E-state index contributed by atoms with van der Waals surface area (Å²) < 4.78 is 41.7. The zero-order chi connectivity index (χ0) is 45.9. The van der Waals surface area contributed by atoms with E-state index >= 15 is 4.39 Å². The van der Waals surface area contributed by atoms with Gasteiger partial charge in [-0.3, -0.25) is 14.8 Å². The number of piperazine rings is 1. The Kier molecular flexibility index (Phi) is 12.4. The summed E-state index contributed by atoms with van der Waals surface area (Å²) in [6.07, 6.45) is 4.57. The van der Waals surface area contributed by atoms with Gasteiger partial charge in [-0.15, -0.1) is 5.54 Å². The fraction of sp³-hybridized carbons (Fsp3) is 0.529. The summed E-state index contributed by atoms with van der Waals surface area (Å²) in [5.41, 5.74) is 8.11. The number of anilines is 1. The molecule has 0 unspecified atom stereocenters. The second kappa shape index (κ2) is 17.4. The molecule has 64 heavy (non-hydrogen) atoms. The van der Waals surface area contributed by atoms with Crippen LogP contribution >= 0.6 is 0 Å². The van der Waals surface area contributed by atoms with Gasteiger partial charge in [0.2, 0.25) is 0 Å². The average Bonchev–Trinajstić information content (AvgIpc) is 3.80. The SMILES string of the molecule is C=C1CN2CC(=C)CC2(COc2nc(N3C[C@H]4CC[C@@H](C3)N4C(=O)OC(C)(C)C)c3cnc(-c4cc(OCOC)cc5cccc(C#C[Si](C(C)C)(C(C)C)C(C)C)c45)c(F)c3n2)C1. The van der Waals surface area contributed by atoms with Crippen molar-refractivity contribution in [2.24, 2.45) is 0 Å². The molecule has 2 aromatic carbocycles. The van der Waals surface area contributed by atoms with Gasteiger partial charge < -0.3 is 23.8 Å². The van der Waals surface area contributed by atoms with E-state index in [2.05, 4.69) is 76.0 Å². The normalized spacial score (nSPS) is 19.9. The van der Waals surface area contributed by atoms with Crippen molar-refractivity contribution in [2.45, 2.75) is 128 Å². The first-order valence-corrected chi connectivity index (χ1v) is 25.1. The maximum atomic E-state index is 17.9. The number of ether oxygens (including phenoxy) is 4. The van der Waals surface area contributed by atoms with Gasteiger partial charge in [0, 0.05) is 56.0 Å². The van der Waals surface area contributed by atoms with Crippen LogP contribution in [0.1, 0.15) is 93.6 Å². The number of aromatic nitrogens is 3. The van der Waals surface area contributed by atoms with Gasteiger partial charge in [0.25, 0.3) is 0 Å². The summed E-state index contributed by atoms with van der Waals surface area (Å²) in [7, 11) is -0.562. The molecule has 4 aliphatic rings. The predicted octanol–water partition coefficient (Wildman–Crippen LogP) is 10.5. The molecular weight excluding hydrogens is 824 g/mol. The van der Waals surface area contributed by atoms with Gasteiger partial charge in [-0.05, 0) is 86.7 Å². The molecular formula is C51H65FN6O5Si. The summed E-state index contributed by atoms with van der Waals surface area (Å²) >= 11 is 0. The monoisotopic (exact) mass is 888 g/mol. The molecule has 11 nitrogen and oxygen atoms in total. The van der Waals surface area contributed by atoms with E-state index in [0.29, 0.717) is 58.8 Å². The van der Waals surface area contributed by atoms with Crippen molar-refractivity contribution in [1.29, 1.82) is 0 Å². The van der Waals surface area contributed by atoms with Crippen LogP contribution < -0.4 is 14.4 Å². The van der Waals surface area contributed by atoms with Crippen LogP contribution in [-0.2, 0) is 9.47 Å². The predicted molar refractivity (Wildman–Crippen MR) is 255 cm³/mol. The van der Waals surface area contributed by atoms with Crippen LogP contribution in [0.3, 0.4) is 0 Å². The summed E-state index contributed by atoms with van der Waals surface area (Å²) in [5, 5.41) is 2.08. The van der Waals surface area contributed by atoms with Crippen LogP contribution in [0, 0.1) is 17.3 Å². The minimum absolute atomic E-state index is 0.0173. The van der Waals surface area contributed by atoms with E-state index in [0.717, 1.165) is 66.3 Å². The lowest BCUT2D eigenvalue weighted by molar-refractivity contribution is 0.0122. The molecule has 8 rings (SSSR count). The van der Waals surface area contributed by atoms with Crippen molar-refractivity contribution in [3.05, 3.63) is 72.2 Å². The summed E-state index contributed by atoms with van der Waals surface area (Å²) in [6, 6.07) is 9.63. The highest BCUT2D eigenvalue weighted by Crippen LogP contribution is 2.45. The number of hydrogen-bond acceptors (Lipinski definition) is 10. The molecule has 6 heterocycles. The van der Waals surface area contributed by atoms with Gasteiger partial charge in [0.05, 0.1) is 23.0 Å². The standard InChI is InChI=1S/C51H65FN6O5Si/c1-31(2)64(32(3)4,33(5)6)19-18-36-14-13-15-37-20-40(62-30-60-12)21-41(43(36)37)45-44(52)46-42(24-53-45)47(56-27-38-16-17-39(28-56)58(38)49(59)63-50(9,10)11)55-48(54-46)61-29-51-22-34(7)25-57(51)26-35(8)23-51/h13-15,20-21,24,31-33,38-39H,7-8,16-17,22-23,25-30H2,1-6,9-12H3/t38-,39+. The molecule has 2 atom stereocenters. The summed E-state index contributed by atoms with van der Waals surface area (Å²) in [4.78, 5) is 34.7. The van der Waals surface area contributed by atoms with Crippen LogP contribution in [0.25, 0.3) is 32.9 Å². The number of amides is 1. The Morgan fingerprint density at radius 3 is 2.23 bits per heavy atom. The van der Waals surface area contributed by atoms with Crippen molar-refractivity contribution in [3.63, 3.8) is 0 Å². The third-order valence-corrected chi connectivity index (χ3v) is 20.3. The van der Waals surface area contributed by atoms with Gasteiger partial charge in [-0.25, -0.2) is 9.18 Å². The van der Waals surface area contributed by atoms with Crippen LogP contribution in [0.5, 0.6) is 11.8 Å². The van der Waals surface area contributed by atoms with E-state index in [1.807, 2.05) is 56.0 Å². The fourth-order valence-corrected chi connectivity index (χ4v) is 16.6. The smallest absolute Gasteiger partial charge is 0.410 e. The highest BCUT2D eigenvalue weighted by atomic mass is 28.3. The number of nitrogens with zero attached hydrogens (tertiary/aromatic N) is 6. The molecule has 0 saturated carbocycles. The van der Waals surface area contributed by atoms with E-state index in [4.69, 9.17) is 33.9 Å². The highest BCUT2D eigenvalue weighted by Gasteiger charge is 2.49. The van der Waals surface area contributed by atoms with Crippen molar-refractivity contribution in [1.82, 2.24) is 24.8 Å². The number of hydrogen-bond donors (Lipinski definition) is 0. The van der Waals surface area contributed by atoms with Crippen LogP contribution in [0.2, 0.25) is 16.6 Å². The number of carbonyl (C=O) groups excluding carboxylic acids is 1. The number of rotatable bonds is 11. The number of benzene rings is 2. The number of carbonyl (C=O) groups is 1. The second-order valence-electron chi connectivity index (χ2n) is 20.5. The lowest BCUT2D eigenvalue weighted by Gasteiger charge is -2.42. The third-order valence-electron chi connectivity index (χ3n) is 14.0. The van der Waals surface area contributed by atoms with E-state index < -0.39 is 19.5 Å². The second-order valence-corrected chi connectivity index (χ2v) is 26.1. The Morgan fingerprint density at radius 2 is 1.62 bits per heavy atom. The molecule has 2 bridgehead atoms. The Bertz CT molecular complexity index is 2500. The number of pyridine rings is 1. The first-order chi connectivity index (χ1) is 30.3. The maximum Gasteiger partial charge on any atom is 0.410 e. The van der Waals surface area contributed by atoms with E-state index in [1.54, 1.807) is 13.3 Å². The molecule has 0 N–H and O–H groups in total. The topological polar surface area (TPSA) is 102 Å². The van der Waals surface area contributed by atoms with Crippen molar-refractivity contribution >= 4 is 41.7 Å². The van der Waals surface area contributed by atoms with Crippen molar-refractivity contribution in [2.75, 3.05) is 51.6 Å². The van der Waals surface area contributed by atoms with Gasteiger partial charge >= 0.3 is 12.1 Å². The zero-order valence-electron chi connectivity index (χ0n) is 39.4. The minimum Gasteiger partial charge on any atom is -0.468 e. The lowest BCUT2D eigenvalue weighted by Crippen LogP contribution is -2.57. The maximum absolute atomic E-state index is 17.9. The van der Waals surface area contributed by atoms with E-state index in [9.17, 15) is 4.79 Å². The molecule has 0 aliphatic carbocycles. The highest BCUT2D eigenvalue weighted by molar-refractivity contribution is 6.90. The Labute approximate surface area is 379 Å². The van der Waals surface area contributed by atoms with Crippen LogP contribution in [0.15, 0.2) is 60.8 Å². The molecule has 1 amide bonds. The summed E-state index contributed by atoms with van der Waals surface area (Å²) in [5.74, 6) is 4.09. The molecule has 4 aromatic rings. The molecule has 4 aliphatic heterocycles. The number of methoxy groups -OCH3 is 1. The van der Waals surface area contributed by atoms with Crippen LogP contribution in [-0.4, -0.2) is 109 Å². The number of halogens is 1. The van der Waals surface area contributed by atoms with Gasteiger partial charge in [0.1, 0.15) is 43.1 Å². The van der Waals surface area contributed by atoms with Crippen molar-refractivity contribution < 1.29 is 28.1 Å². The van der Waals surface area contributed by atoms with Gasteiger partial charge in [-0.2, -0.15) is 9.97 Å². The molecule has 13 heteroatoms. The van der Waals surface area contributed by atoms with Gasteiger partial charge in [0.15, 0.2) is 12.6 Å². The molecule has 2 aromatic heterocycles. The first-order valence-electron chi connectivity index (χ1n) is 22.9. The molecule has 340 valence electrons. The molecule has 0 spiro atoms. The van der Waals surface area contributed by atoms with Crippen LogP contribution in [0.4, 0.5) is 15.0 Å². The summed E-state index contributed by atoms with van der Waals surface area (Å²) in [6.45, 7) is 30.9. The third kappa shape index (κ3) is 8.37.